The SMILES string of the molecule is CSCC[C@H](NC(=O)OCC1c2ccccc2-c2ccccc21)C(=O)N[C@H](CCC(=O)OC(C)(C)C)C(=O)N[C@H](CCN=C(N)N)C(=O)N[C@@H](C(=O)N[C@H](CCC(=O)OC(C)(C)C)C(=O)O)C(C)C. The Morgan fingerprint density at radius 2 is 1.10 bits per heavy atom. The molecule has 0 heterocycles. The van der Waals surface area contributed by atoms with Crippen LogP contribution in [0.3, 0.4) is 0 Å². The molecule has 0 fully saturated rings. The lowest BCUT2D eigenvalue weighted by Crippen LogP contribution is -2.60. The number of hydrogen-bond acceptors (Lipinski definition) is 13. The first-order valence-corrected chi connectivity index (χ1v) is 24.2. The average Bonchev–Trinajstić information content (AvgIpc) is 3.57. The highest BCUT2D eigenvalue weighted by Gasteiger charge is 2.35. The predicted octanol–water partition coefficient (Wildman–Crippen LogP) is 3.23. The number of nitrogens with one attached hydrogen (secondary N) is 5. The van der Waals surface area contributed by atoms with Crippen molar-refractivity contribution in [2.75, 3.05) is 25.2 Å². The lowest BCUT2D eigenvalue weighted by Gasteiger charge is -2.28. The van der Waals surface area contributed by atoms with E-state index < -0.39 is 95.0 Å². The van der Waals surface area contributed by atoms with E-state index in [9.17, 15) is 43.5 Å². The molecule has 1 aliphatic carbocycles. The van der Waals surface area contributed by atoms with E-state index in [0.717, 1.165) is 22.3 Å². The zero-order chi connectivity index (χ0) is 51.6. The smallest absolute Gasteiger partial charge is 0.407 e. The van der Waals surface area contributed by atoms with E-state index in [-0.39, 0.29) is 63.6 Å². The largest absolute Gasteiger partial charge is 0.480 e. The maximum Gasteiger partial charge on any atom is 0.407 e. The molecule has 0 saturated carbocycles. The molecule has 5 atom stereocenters. The standard InChI is InChI=1S/C48H70N8O12S/c1-27(2)39(43(62)54-36(44(63)64)19-21-38(58)68-48(6,7)8)56-42(61)34(22-24-51-45(49)50)53-40(59)33(18-20-37(57)67-47(3,4)5)52-41(60)35(23-25-69-9)55-46(65)66-26-32-30-16-12-10-14-28(30)29-15-11-13-17-31(29)32/h10-17,27,32-36,39H,18-26H2,1-9H3,(H,52,60)(H,53,59)(H,54,62)(H,55,65)(H,56,61)(H,63,64)(H4,49,50,51)/t33-,34-,35+,36-,39-/m1/s1. The number of nitrogens with two attached hydrogens (primary N) is 2. The third kappa shape index (κ3) is 19.3. The molecule has 20 nitrogen and oxygen atoms in total. The minimum absolute atomic E-state index is 0.0193. The number of guanidine groups is 1. The number of carbonyl (C=O) groups excluding carboxylic acids is 7. The summed E-state index contributed by atoms with van der Waals surface area (Å²) in [6, 6.07) is 8.66. The van der Waals surface area contributed by atoms with Gasteiger partial charge in [-0.15, -0.1) is 0 Å². The number of esters is 2. The van der Waals surface area contributed by atoms with Gasteiger partial charge >= 0.3 is 24.0 Å². The highest BCUT2D eigenvalue weighted by atomic mass is 32.2. The summed E-state index contributed by atoms with van der Waals surface area (Å²) in [5, 5.41) is 22.7. The van der Waals surface area contributed by atoms with Crippen molar-refractivity contribution in [3.8, 4) is 11.1 Å². The average molecular weight is 983 g/mol. The Hall–Kier alpha value is -6.38. The molecular weight excluding hydrogens is 913 g/mol. The first-order valence-electron chi connectivity index (χ1n) is 22.8. The van der Waals surface area contributed by atoms with Crippen LogP contribution < -0.4 is 38.1 Å². The molecule has 1 aliphatic rings. The molecule has 21 heteroatoms. The van der Waals surface area contributed by atoms with Crippen LogP contribution >= 0.6 is 11.8 Å². The summed E-state index contributed by atoms with van der Waals surface area (Å²) in [5.41, 5.74) is 13.5. The molecule has 380 valence electrons. The molecule has 10 N–H and O–H groups in total. The van der Waals surface area contributed by atoms with Crippen LogP contribution in [0.4, 0.5) is 4.79 Å². The van der Waals surface area contributed by atoms with Crippen molar-refractivity contribution >= 4 is 65.4 Å². The number of carbonyl (C=O) groups is 8. The van der Waals surface area contributed by atoms with E-state index in [1.165, 1.54) is 11.8 Å². The van der Waals surface area contributed by atoms with Crippen LogP contribution in [-0.2, 0) is 47.8 Å². The summed E-state index contributed by atoms with van der Waals surface area (Å²) in [4.78, 5) is 111. The van der Waals surface area contributed by atoms with Crippen molar-refractivity contribution in [3.63, 3.8) is 0 Å². The molecule has 0 bridgehead atoms. The fourth-order valence-corrected chi connectivity index (χ4v) is 7.78. The van der Waals surface area contributed by atoms with E-state index in [1.807, 2.05) is 54.8 Å². The summed E-state index contributed by atoms with van der Waals surface area (Å²) in [5.74, 6) is -7.00. The number of aliphatic imine (C=N–C) groups is 1. The molecule has 0 unspecified atom stereocenters. The summed E-state index contributed by atoms with van der Waals surface area (Å²) in [6.07, 6.45) is -0.409. The van der Waals surface area contributed by atoms with Crippen molar-refractivity contribution in [1.82, 2.24) is 26.6 Å². The van der Waals surface area contributed by atoms with Crippen LogP contribution in [0.2, 0.25) is 0 Å². The molecule has 0 aromatic heterocycles. The quantitative estimate of drug-likeness (QED) is 0.0307. The van der Waals surface area contributed by atoms with Gasteiger partial charge in [0.05, 0.1) is 0 Å². The molecule has 0 saturated heterocycles. The summed E-state index contributed by atoms with van der Waals surface area (Å²) in [7, 11) is 0. The van der Waals surface area contributed by atoms with Gasteiger partial charge in [-0.2, -0.15) is 11.8 Å². The summed E-state index contributed by atoms with van der Waals surface area (Å²) >= 11 is 1.42. The number of carboxylic acids is 1. The van der Waals surface area contributed by atoms with E-state index >= 15 is 0 Å². The van der Waals surface area contributed by atoms with Gasteiger partial charge in [-0.25, -0.2) is 9.59 Å². The van der Waals surface area contributed by atoms with Crippen LogP contribution in [0.15, 0.2) is 53.5 Å². The van der Waals surface area contributed by atoms with Gasteiger partial charge in [0.25, 0.3) is 0 Å². The number of aliphatic carboxylic acids is 1. The normalized spacial score (nSPS) is 14.3. The van der Waals surface area contributed by atoms with E-state index in [0.29, 0.717) is 5.75 Å². The Bertz CT molecular complexity index is 2120. The topological polar surface area (TPSA) is 309 Å². The molecule has 0 spiro atoms. The lowest BCUT2D eigenvalue weighted by molar-refractivity contribution is -0.156. The zero-order valence-corrected chi connectivity index (χ0v) is 41.8. The van der Waals surface area contributed by atoms with Gasteiger partial charge in [0.2, 0.25) is 23.6 Å². The molecule has 69 heavy (non-hydrogen) atoms. The molecule has 3 rings (SSSR count). The van der Waals surface area contributed by atoms with Crippen LogP contribution in [0, 0.1) is 5.92 Å². The van der Waals surface area contributed by atoms with Gasteiger partial charge in [0.15, 0.2) is 5.96 Å². The van der Waals surface area contributed by atoms with Gasteiger partial charge in [-0.05, 0) is 107 Å². The fraction of sp³-hybridized carbons (Fsp3) is 0.562. The summed E-state index contributed by atoms with van der Waals surface area (Å²) in [6.45, 7) is 13.0. The third-order valence-corrected chi connectivity index (χ3v) is 11.2. The minimum atomic E-state index is -1.52. The van der Waals surface area contributed by atoms with Crippen LogP contribution in [-0.4, -0.2) is 125 Å². The van der Waals surface area contributed by atoms with Gasteiger partial charge in [-0.1, -0.05) is 62.4 Å². The van der Waals surface area contributed by atoms with E-state index in [4.69, 9.17) is 25.7 Å². The third-order valence-electron chi connectivity index (χ3n) is 10.5. The maximum atomic E-state index is 14.2. The summed E-state index contributed by atoms with van der Waals surface area (Å²) < 4.78 is 16.4. The van der Waals surface area contributed by atoms with Crippen molar-refractivity contribution in [2.24, 2.45) is 22.4 Å². The number of carboxylic acid groups (broad SMARTS) is 1. The van der Waals surface area contributed by atoms with Crippen LogP contribution in [0.1, 0.15) is 111 Å². The van der Waals surface area contributed by atoms with Crippen LogP contribution in [0.25, 0.3) is 11.1 Å². The van der Waals surface area contributed by atoms with Gasteiger partial charge < -0.3 is 57.4 Å². The second kappa shape index (κ2) is 26.4. The molecule has 2 aromatic carbocycles. The number of fused-ring (bicyclic) bond motifs is 3. The number of ether oxygens (including phenoxy) is 3. The van der Waals surface area contributed by atoms with Gasteiger partial charge in [0, 0.05) is 25.3 Å². The second-order valence-corrected chi connectivity index (χ2v) is 19.9. The number of amides is 5. The Labute approximate surface area is 407 Å². The minimum Gasteiger partial charge on any atom is -0.480 e. The van der Waals surface area contributed by atoms with Crippen molar-refractivity contribution in [2.45, 2.75) is 141 Å². The number of nitrogens with zero attached hydrogens (tertiary/aromatic N) is 1. The molecule has 0 radical (unpaired) electrons. The Morgan fingerprint density at radius 3 is 1.57 bits per heavy atom. The first-order chi connectivity index (χ1) is 32.3. The number of rotatable bonds is 25. The van der Waals surface area contributed by atoms with Crippen molar-refractivity contribution in [1.29, 1.82) is 0 Å². The van der Waals surface area contributed by atoms with Gasteiger partial charge in [-0.3, -0.25) is 33.8 Å². The Morgan fingerprint density at radius 1 is 0.652 bits per heavy atom. The number of hydrogen-bond donors (Lipinski definition) is 8. The highest BCUT2D eigenvalue weighted by molar-refractivity contribution is 7.98. The van der Waals surface area contributed by atoms with E-state index in [2.05, 4.69) is 31.6 Å². The molecule has 2 aromatic rings. The van der Waals surface area contributed by atoms with Crippen LogP contribution in [0.5, 0.6) is 0 Å². The highest BCUT2D eigenvalue weighted by Crippen LogP contribution is 2.44. The van der Waals surface area contributed by atoms with Crippen molar-refractivity contribution < 1.29 is 57.7 Å². The van der Waals surface area contributed by atoms with E-state index in [1.54, 1.807) is 55.4 Å². The first kappa shape index (κ1) is 56.9. The maximum absolute atomic E-state index is 14.2. The molecule has 5 amide bonds. The Balaban J connectivity index is 1.84. The monoisotopic (exact) mass is 982 g/mol. The number of alkyl carbamates (subject to hydrolysis) is 1. The molecular formula is C48H70N8O12S. The van der Waals surface area contributed by atoms with Gasteiger partial charge in [0.1, 0.15) is 48.0 Å². The van der Waals surface area contributed by atoms with Crippen molar-refractivity contribution in [3.05, 3.63) is 59.7 Å². The predicted molar refractivity (Wildman–Crippen MR) is 261 cm³/mol. The fourth-order valence-electron chi connectivity index (χ4n) is 7.31. The number of benzene rings is 2. The Kier molecular flexibility index (Phi) is 21.8. The lowest BCUT2D eigenvalue weighted by atomic mass is 9.98. The number of thioether (sulfide) groups is 1. The second-order valence-electron chi connectivity index (χ2n) is 18.9. The zero-order valence-electron chi connectivity index (χ0n) is 41.0. The molecule has 0 aliphatic heterocycles.